The van der Waals surface area contributed by atoms with Crippen molar-refractivity contribution < 1.29 is 18.0 Å². The van der Waals surface area contributed by atoms with E-state index in [9.17, 15) is 18.0 Å². The average molecular weight is 341 g/mol. The van der Waals surface area contributed by atoms with E-state index < -0.39 is 11.9 Å². The molecule has 0 spiro atoms. The number of rotatable bonds is 2. The van der Waals surface area contributed by atoms with E-state index in [2.05, 4.69) is 15.0 Å². The van der Waals surface area contributed by atoms with Gasteiger partial charge in [0, 0.05) is 32.3 Å². The lowest BCUT2D eigenvalue weighted by molar-refractivity contribution is -0.141. The second kappa shape index (κ2) is 5.95. The number of carbonyl (C=O) groups is 1. The molecule has 0 aromatic carbocycles. The van der Waals surface area contributed by atoms with Gasteiger partial charge in [0.15, 0.2) is 5.69 Å². The van der Waals surface area contributed by atoms with Gasteiger partial charge in [0.25, 0.3) is 5.91 Å². The molecular weight excluding hydrogens is 323 g/mol. The van der Waals surface area contributed by atoms with Gasteiger partial charge in [0.05, 0.1) is 6.20 Å². The molecule has 0 unspecified atom stereocenters. The van der Waals surface area contributed by atoms with Crippen LogP contribution >= 0.6 is 0 Å². The highest BCUT2D eigenvalue weighted by Gasteiger charge is 2.36. The maximum absolute atomic E-state index is 12.8. The van der Waals surface area contributed by atoms with Crippen LogP contribution in [0.15, 0.2) is 12.4 Å². The van der Waals surface area contributed by atoms with Crippen LogP contribution in [0.2, 0.25) is 0 Å². The second-order valence-corrected chi connectivity index (χ2v) is 6.07. The Morgan fingerprint density at radius 1 is 1.42 bits per heavy atom. The average Bonchev–Trinajstić information content (AvgIpc) is 3.12. The number of aryl methyl sites for hydroxylation is 2. The topological polar surface area (TPSA) is 66.8 Å². The summed E-state index contributed by atoms with van der Waals surface area (Å²) in [5.74, 6) is 0.602. The molecule has 1 aliphatic rings. The minimum absolute atomic E-state index is 0.189. The number of imidazole rings is 2. The van der Waals surface area contributed by atoms with E-state index >= 15 is 0 Å². The Morgan fingerprint density at radius 2 is 2.17 bits per heavy atom. The summed E-state index contributed by atoms with van der Waals surface area (Å²) >= 11 is 0. The van der Waals surface area contributed by atoms with E-state index in [1.807, 2.05) is 0 Å². The zero-order chi connectivity index (χ0) is 17.5. The van der Waals surface area contributed by atoms with Crippen LogP contribution in [-0.4, -0.2) is 43.4 Å². The van der Waals surface area contributed by atoms with E-state index in [0.29, 0.717) is 36.9 Å². The Hall–Kier alpha value is -2.32. The zero-order valence-electron chi connectivity index (χ0n) is 13.4. The van der Waals surface area contributed by atoms with E-state index in [1.54, 1.807) is 18.9 Å². The molecule has 0 bridgehead atoms. The first-order chi connectivity index (χ1) is 11.3. The summed E-state index contributed by atoms with van der Waals surface area (Å²) in [6.07, 6.45) is -0.572. The number of hydrogen-bond donors (Lipinski definition) is 1. The fraction of sp³-hybridized carbons (Fsp3) is 0.533. The highest BCUT2D eigenvalue weighted by Crippen LogP contribution is 2.32. The number of halogens is 3. The quantitative estimate of drug-likeness (QED) is 0.913. The van der Waals surface area contributed by atoms with Crippen LogP contribution < -0.4 is 0 Å². The minimum atomic E-state index is -4.46. The summed E-state index contributed by atoms with van der Waals surface area (Å²) in [6.45, 7) is 2.67. The second-order valence-electron chi connectivity index (χ2n) is 6.07. The Morgan fingerprint density at radius 3 is 2.75 bits per heavy atom. The molecule has 3 rings (SSSR count). The number of amides is 1. The predicted molar refractivity (Wildman–Crippen MR) is 79.4 cm³/mol. The van der Waals surface area contributed by atoms with Crippen molar-refractivity contribution >= 4 is 5.91 Å². The Bertz CT molecular complexity index is 749. The van der Waals surface area contributed by atoms with Gasteiger partial charge >= 0.3 is 6.18 Å². The molecule has 1 fully saturated rings. The molecule has 0 aliphatic carbocycles. The lowest BCUT2D eigenvalue weighted by Gasteiger charge is -2.32. The highest BCUT2D eigenvalue weighted by atomic mass is 19.4. The van der Waals surface area contributed by atoms with Crippen molar-refractivity contribution in [1.29, 1.82) is 0 Å². The number of H-pyrrole nitrogens is 1. The normalized spacial score (nSPS) is 18.9. The SMILES string of the molecule is Cc1ncc(C(=O)N2CCC[C@H](c3nc(C(F)(F)F)cn3C)C2)[nH]1. The standard InChI is InChI=1S/C15H18F3N5O/c1-9-19-6-11(20-9)14(24)23-5-3-4-10(7-23)13-21-12(8-22(13)2)15(16,17)18/h6,8,10H,3-5,7H2,1-2H3,(H,19,20)/t10-/m0/s1. The van der Waals surface area contributed by atoms with Crippen molar-refractivity contribution in [3.05, 3.63) is 35.4 Å². The van der Waals surface area contributed by atoms with Crippen LogP contribution in [-0.2, 0) is 13.2 Å². The van der Waals surface area contributed by atoms with Gasteiger partial charge in [-0.25, -0.2) is 9.97 Å². The van der Waals surface area contributed by atoms with Crippen molar-refractivity contribution in [2.75, 3.05) is 13.1 Å². The number of aromatic nitrogens is 4. The van der Waals surface area contributed by atoms with Crippen LogP contribution in [0.1, 0.15) is 46.6 Å². The fourth-order valence-corrected chi connectivity index (χ4v) is 3.07. The molecule has 2 aromatic heterocycles. The number of hydrogen-bond acceptors (Lipinski definition) is 3. The van der Waals surface area contributed by atoms with Crippen molar-refractivity contribution in [3.63, 3.8) is 0 Å². The Labute approximate surface area is 136 Å². The van der Waals surface area contributed by atoms with Crippen molar-refractivity contribution in [1.82, 2.24) is 24.4 Å². The summed E-state index contributed by atoms with van der Waals surface area (Å²) in [4.78, 5) is 24.8. The maximum Gasteiger partial charge on any atom is 0.434 e. The van der Waals surface area contributed by atoms with Crippen LogP contribution in [0, 0.1) is 6.92 Å². The van der Waals surface area contributed by atoms with Crippen LogP contribution in [0.5, 0.6) is 0 Å². The van der Waals surface area contributed by atoms with Gasteiger partial charge in [-0.2, -0.15) is 13.2 Å². The summed E-state index contributed by atoms with van der Waals surface area (Å²) in [7, 11) is 1.55. The molecule has 1 N–H and O–H groups in total. The zero-order valence-corrected chi connectivity index (χ0v) is 13.4. The first-order valence-corrected chi connectivity index (χ1v) is 7.67. The molecular formula is C15H18F3N5O. The number of aromatic amines is 1. The maximum atomic E-state index is 12.8. The molecule has 1 aliphatic heterocycles. The molecule has 0 saturated carbocycles. The third-order valence-electron chi connectivity index (χ3n) is 4.21. The van der Waals surface area contributed by atoms with E-state index in [4.69, 9.17) is 0 Å². The van der Waals surface area contributed by atoms with Gasteiger partial charge in [0.1, 0.15) is 17.3 Å². The monoisotopic (exact) mass is 341 g/mol. The van der Waals surface area contributed by atoms with E-state index in [1.165, 1.54) is 10.8 Å². The molecule has 1 saturated heterocycles. The summed E-state index contributed by atoms with van der Waals surface area (Å²) in [5.41, 5.74) is -0.503. The van der Waals surface area contributed by atoms with E-state index in [-0.39, 0.29) is 11.8 Å². The Kier molecular flexibility index (Phi) is 4.10. The van der Waals surface area contributed by atoms with Gasteiger partial charge in [-0.3, -0.25) is 4.79 Å². The lowest BCUT2D eigenvalue weighted by atomic mass is 9.97. The number of piperidine rings is 1. The van der Waals surface area contributed by atoms with E-state index in [0.717, 1.165) is 12.6 Å². The van der Waals surface area contributed by atoms with Crippen LogP contribution in [0.4, 0.5) is 13.2 Å². The van der Waals surface area contributed by atoms with Gasteiger partial charge in [-0.15, -0.1) is 0 Å². The fourth-order valence-electron chi connectivity index (χ4n) is 3.07. The molecule has 1 atom stereocenters. The molecule has 24 heavy (non-hydrogen) atoms. The minimum Gasteiger partial charge on any atom is -0.338 e. The highest BCUT2D eigenvalue weighted by molar-refractivity contribution is 5.92. The van der Waals surface area contributed by atoms with Gasteiger partial charge < -0.3 is 14.5 Å². The molecule has 2 aromatic rings. The number of nitrogens with zero attached hydrogens (tertiary/aromatic N) is 4. The number of likely N-dealkylation sites (tertiary alicyclic amines) is 1. The summed E-state index contributed by atoms with van der Waals surface area (Å²) in [6, 6.07) is 0. The van der Waals surface area contributed by atoms with Crippen LogP contribution in [0.25, 0.3) is 0 Å². The molecule has 6 nitrogen and oxygen atoms in total. The number of nitrogens with one attached hydrogen (secondary N) is 1. The molecule has 130 valence electrons. The van der Waals surface area contributed by atoms with Gasteiger partial charge in [-0.05, 0) is 19.8 Å². The van der Waals surface area contributed by atoms with Gasteiger partial charge in [0.2, 0.25) is 0 Å². The summed E-state index contributed by atoms with van der Waals surface area (Å²) < 4.78 is 39.9. The first-order valence-electron chi connectivity index (χ1n) is 7.67. The summed E-state index contributed by atoms with van der Waals surface area (Å²) in [5, 5.41) is 0. The third kappa shape index (κ3) is 3.15. The van der Waals surface area contributed by atoms with Crippen molar-refractivity contribution in [2.45, 2.75) is 31.9 Å². The number of carbonyl (C=O) groups excluding carboxylic acids is 1. The molecule has 0 radical (unpaired) electrons. The largest absolute Gasteiger partial charge is 0.434 e. The number of alkyl halides is 3. The predicted octanol–water partition coefficient (Wildman–Crippen LogP) is 2.49. The van der Waals surface area contributed by atoms with Crippen molar-refractivity contribution in [2.24, 2.45) is 7.05 Å². The smallest absolute Gasteiger partial charge is 0.338 e. The van der Waals surface area contributed by atoms with Crippen LogP contribution in [0.3, 0.4) is 0 Å². The lowest BCUT2D eigenvalue weighted by Crippen LogP contribution is -2.39. The van der Waals surface area contributed by atoms with Crippen molar-refractivity contribution in [3.8, 4) is 0 Å². The molecule has 3 heterocycles. The Balaban J connectivity index is 1.79. The van der Waals surface area contributed by atoms with Gasteiger partial charge in [-0.1, -0.05) is 0 Å². The first kappa shape index (κ1) is 16.5. The third-order valence-corrected chi connectivity index (χ3v) is 4.21. The molecule has 1 amide bonds. The molecule has 9 heteroatoms.